The average Bonchev–Trinajstić information content (AvgIpc) is 2.87. The van der Waals surface area contributed by atoms with E-state index < -0.39 is 0 Å². The van der Waals surface area contributed by atoms with Crippen LogP contribution in [0.15, 0.2) is 36.7 Å². The number of benzene rings is 1. The summed E-state index contributed by atoms with van der Waals surface area (Å²) in [6.07, 6.45) is 4.95. The lowest BCUT2D eigenvalue weighted by Crippen LogP contribution is -2.01. The van der Waals surface area contributed by atoms with Gasteiger partial charge < -0.3 is 4.57 Å². The number of pyridine rings is 1. The van der Waals surface area contributed by atoms with E-state index in [0.29, 0.717) is 6.42 Å². The summed E-state index contributed by atoms with van der Waals surface area (Å²) in [4.78, 5) is 8.89. The SMILES string of the molecule is Cc1cc2nc(-c3ccncc3)n(CCCC#N)c2cc1C. The Morgan fingerprint density at radius 3 is 2.59 bits per heavy atom. The van der Waals surface area contributed by atoms with Gasteiger partial charge in [0.05, 0.1) is 17.1 Å². The molecule has 0 saturated heterocycles. The zero-order valence-corrected chi connectivity index (χ0v) is 12.9. The van der Waals surface area contributed by atoms with E-state index in [9.17, 15) is 0 Å². The summed E-state index contributed by atoms with van der Waals surface area (Å²) in [6.45, 7) is 5.02. The van der Waals surface area contributed by atoms with E-state index in [2.05, 4.69) is 41.6 Å². The van der Waals surface area contributed by atoms with Crippen molar-refractivity contribution in [3.8, 4) is 17.5 Å². The smallest absolute Gasteiger partial charge is 0.141 e. The van der Waals surface area contributed by atoms with Gasteiger partial charge in [0.15, 0.2) is 0 Å². The van der Waals surface area contributed by atoms with Gasteiger partial charge in [-0.1, -0.05) is 0 Å². The molecule has 110 valence electrons. The molecule has 1 aromatic carbocycles. The molecule has 2 heterocycles. The Kier molecular flexibility index (Phi) is 3.88. The monoisotopic (exact) mass is 290 g/mol. The van der Waals surface area contributed by atoms with Crippen molar-refractivity contribution in [3.05, 3.63) is 47.8 Å². The molecule has 0 fully saturated rings. The predicted octanol–water partition coefficient (Wildman–Crippen LogP) is 4.02. The number of imidazole rings is 1. The quantitative estimate of drug-likeness (QED) is 0.682. The lowest BCUT2D eigenvalue weighted by atomic mass is 10.1. The first-order chi connectivity index (χ1) is 10.7. The third kappa shape index (κ3) is 2.58. The molecule has 4 heteroatoms. The summed E-state index contributed by atoms with van der Waals surface area (Å²) in [5.41, 5.74) is 5.70. The number of nitrogens with zero attached hydrogens (tertiary/aromatic N) is 4. The fourth-order valence-corrected chi connectivity index (χ4v) is 2.64. The maximum atomic E-state index is 8.79. The van der Waals surface area contributed by atoms with Crippen LogP contribution in [0.3, 0.4) is 0 Å². The van der Waals surface area contributed by atoms with Crippen molar-refractivity contribution < 1.29 is 0 Å². The number of aromatic nitrogens is 3. The van der Waals surface area contributed by atoms with Gasteiger partial charge in [0.2, 0.25) is 0 Å². The Morgan fingerprint density at radius 2 is 1.86 bits per heavy atom. The molecule has 2 aromatic heterocycles. The summed E-state index contributed by atoms with van der Waals surface area (Å²) in [7, 11) is 0. The third-order valence-corrected chi connectivity index (χ3v) is 3.97. The number of rotatable bonds is 4. The van der Waals surface area contributed by atoms with Crippen LogP contribution in [-0.2, 0) is 6.54 Å². The van der Waals surface area contributed by atoms with Crippen LogP contribution in [0.2, 0.25) is 0 Å². The molecule has 0 atom stereocenters. The molecule has 0 N–H and O–H groups in total. The normalized spacial score (nSPS) is 10.8. The largest absolute Gasteiger partial charge is 0.324 e. The van der Waals surface area contributed by atoms with Crippen molar-refractivity contribution >= 4 is 11.0 Å². The molecule has 0 spiro atoms. The van der Waals surface area contributed by atoms with Crippen LogP contribution in [-0.4, -0.2) is 14.5 Å². The van der Waals surface area contributed by atoms with Crippen LogP contribution in [0.5, 0.6) is 0 Å². The van der Waals surface area contributed by atoms with E-state index >= 15 is 0 Å². The van der Waals surface area contributed by atoms with Crippen LogP contribution in [0, 0.1) is 25.2 Å². The second-order valence-corrected chi connectivity index (χ2v) is 5.51. The second kappa shape index (κ2) is 5.98. The highest BCUT2D eigenvalue weighted by molar-refractivity contribution is 5.82. The van der Waals surface area contributed by atoms with Gasteiger partial charge in [0, 0.05) is 30.9 Å². The second-order valence-electron chi connectivity index (χ2n) is 5.51. The van der Waals surface area contributed by atoms with Crippen molar-refractivity contribution in [1.82, 2.24) is 14.5 Å². The van der Waals surface area contributed by atoms with Gasteiger partial charge in [-0.05, 0) is 55.7 Å². The Labute approximate surface area is 130 Å². The van der Waals surface area contributed by atoms with Crippen LogP contribution < -0.4 is 0 Å². The molecule has 0 amide bonds. The molecule has 3 aromatic rings. The minimum absolute atomic E-state index is 0.556. The summed E-state index contributed by atoms with van der Waals surface area (Å²) in [6, 6.07) is 10.5. The Morgan fingerprint density at radius 1 is 1.14 bits per heavy atom. The van der Waals surface area contributed by atoms with Crippen molar-refractivity contribution in [2.75, 3.05) is 0 Å². The molecule has 4 nitrogen and oxygen atoms in total. The van der Waals surface area contributed by atoms with E-state index in [1.54, 1.807) is 12.4 Å². The first-order valence-corrected chi connectivity index (χ1v) is 7.45. The average molecular weight is 290 g/mol. The maximum Gasteiger partial charge on any atom is 0.141 e. The lowest BCUT2D eigenvalue weighted by molar-refractivity contribution is 0.675. The number of fused-ring (bicyclic) bond motifs is 1. The van der Waals surface area contributed by atoms with Crippen molar-refractivity contribution in [2.24, 2.45) is 0 Å². The van der Waals surface area contributed by atoms with E-state index in [1.807, 2.05) is 12.1 Å². The Balaban J connectivity index is 2.17. The standard InChI is InChI=1S/C18H18N4/c1-13-11-16-17(12-14(13)2)22(10-4-3-7-19)18(21-16)15-5-8-20-9-6-15/h5-6,8-9,11-12H,3-4,10H2,1-2H3. The van der Waals surface area contributed by atoms with Gasteiger partial charge in [-0.15, -0.1) is 0 Å². The highest BCUT2D eigenvalue weighted by atomic mass is 15.1. The van der Waals surface area contributed by atoms with Crippen molar-refractivity contribution in [3.63, 3.8) is 0 Å². The van der Waals surface area contributed by atoms with Crippen LogP contribution in [0.4, 0.5) is 0 Å². The molecule has 0 saturated carbocycles. The van der Waals surface area contributed by atoms with E-state index in [-0.39, 0.29) is 0 Å². The van der Waals surface area contributed by atoms with Gasteiger partial charge in [-0.2, -0.15) is 5.26 Å². The molecule has 0 bridgehead atoms. The minimum atomic E-state index is 0.556. The predicted molar refractivity (Wildman–Crippen MR) is 87.3 cm³/mol. The zero-order chi connectivity index (χ0) is 15.5. The number of hydrogen-bond acceptors (Lipinski definition) is 3. The zero-order valence-electron chi connectivity index (χ0n) is 12.9. The van der Waals surface area contributed by atoms with Gasteiger partial charge >= 0.3 is 0 Å². The van der Waals surface area contributed by atoms with Crippen LogP contribution in [0.25, 0.3) is 22.4 Å². The molecule has 0 aliphatic rings. The van der Waals surface area contributed by atoms with Crippen molar-refractivity contribution in [2.45, 2.75) is 33.2 Å². The number of hydrogen-bond donors (Lipinski definition) is 0. The first-order valence-electron chi connectivity index (χ1n) is 7.45. The number of aryl methyl sites for hydroxylation is 3. The summed E-state index contributed by atoms with van der Waals surface area (Å²) in [5.74, 6) is 0.945. The molecule has 0 unspecified atom stereocenters. The molecular formula is C18H18N4. The highest BCUT2D eigenvalue weighted by Crippen LogP contribution is 2.27. The van der Waals surface area contributed by atoms with Crippen molar-refractivity contribution in [1.29, 1.82) is 5.26 Å². The number of nitriles is 1. The summed E-state index contributed by atoms with van der Waals surface area (Å²) in [5, 5.41) is 8.79. The van der Waals surface area contributed by atoms with E-state index in [4.69, 9.17) is 10.2 Å². The van der Waals surface area contributed by atoms with Gasteiger partial charge in [-0.25, -0.2) is 4.98 Å². The topological polar surface area (TPSA) is 54.5 Å². The van der Waals surface area contributed by atoms with E-state index in [0.717, 1.165) is 35.4 Å². The Hall–Kier alpha value is -2.67. The van der Waals surface area contributed by atoms with Crippen LogP contribution in [0.1, 0.15) is 24.0 Å². The summed E-state index contributed by atoms with van der Waals surface area (Å²) < 4.78 is 2.22. The first kappa shape index (κ1) is 14.3. The Bertz CT molecular complexity index is 841. The molecule has 0 radical (unpaired) electrons. The fraction of sp³-hybridized carbons (Fsp3) is 0.278. The molecule has 0 aliphatic carbocycles. The third-order valence-electron chi connectivity index (χ3n) is 3.97. The fourth-order valence-electron chi connectivity index (χ4n) is 2.64. The maximum absolute atomic E-state index is 8.79. The van der Waals surface area contributed by atoms with E-state index in [1.165, 1.54) is 11.1 Å². The lowest BCUT2D eigenvalue weighted by Gasteiger charge is -2.09. The molecular weight excluding hydrogens is 272 g/mol. The molecule has 0 aliphatic heterocycles. The van der Waals surface area contributed by atoms with Gasteiger partial charge in [-0.3, -0.25) is 4.98 Å². The summed E-state index contributed by atoms with van der Waals surface area (Å²) >= 11 is 0. The molecule has 22 heavy (non-hydrogen) atoms. The van der Waals surface area contributed by atoms with Crippen LogP contribution >= 0.6 is 0 Å². The molecule has 3 rings (SSSR count). The minimum Gasteiger partial charge on any atom is -0.324 e. The number of unbranched alkanes of at least 4 members (excludes halogenated alkanes) is 1. The highest BCUT2D eigenvalue weighted by Gasteiger charge is 2.13. The van der Waals surface area contributed by atoms with Gasteiger partial charge in [0.25, 0.3) is 0 Å². The van der Waals surface area contributed by atoms with Gasteiger partial charge in [0.1, 0.15) is 5.82 Å².